The van der Waals surface area contributed by atoms with Crippen LogP contribution in [0.25, 0.3) is 0 Å². The Kier molecular flexibility index (Phi) is 18.8. The monoisotopic (exact) mass is 322 g/mol. The third-order valence-corrected chi connectivity index (χ3v) is 3.67. The van der Waals surface area contributed by atoms with Crippen LogP contribution in [0.4, 0.5) is 0 Å². The van der Waals surface area contributed by atoms with Crippen LogP contribution in [-0.4, -0.2) is 22.2 Å². The molecule has 110 valence electrons. The molecule has 4 nitrogen and oxygen atoms in total. The molecule has 0 unspecified atom stereocenters. The van der Waals surface area contributed by atoms with Gasteiger partial charge in [0, 0.05) is 0 Å². The molecule has 0 heterocycles. The number of aliphatic carboxylic acids is 2. The summed E-state index contributed by atoms with van der Waals surface area (Å²) in [6.45, 7) is 5.47. The van der Waals surface area contributed by atoms with Gasteiger partial charge in [0.05, 0.1) is 0 Å². The second-order valence-electron chi connectivity index (χ2n) is 5.25. The quantitative estimate of drug-likeness (QED) is 0.271. The van der Waals surface area contributed by atoms with Gasteiger partial charge in [-0.3, -0.25) is 9.59 Å². The third-order valence-electron chi connectivity index (χ3n) is 3.67. The normalized spacial score (nSPS) is 10.6. The number of hydrogen-bond acceptors (Lipinski definition) is 2. The van der Waals surface area contributed by atoms with Gasteiger partial charge in [-0.25, -0.2) is 0 Å². The molecule has 0 rings (SSSR count). The number of unbranched alkanes of at least 4 members (excludes halogenated alkanes) is 5. The van der Waals surface area contributed by atoms with Crippen LogP contribution in [0.1, 0.15) is 68.6 Å². The van der Waals surface area contributed by atoms with Crippen LogP contribution in [0.5, 0.6) is 0 Å². The molecule has 6 heteroatoms. The van der Waals surface area contributed by atoms with E-state index in [1.54, 1.807) is 13.8 Å². The maximum Gasteiger partial charge on any atom is 1.00 e. The van der Waals surface area contributed by atoms with E-state index in [1.165, 1.54) is 12.8 Å². The van der Waals surface area contributed by atoms with E-state index in [1.807, 2.05) is 0 Å². The van der Waals surface area contributed by atoms with Crippen molar-refractivity contribution in [2.45, 2.75) is 65.7 Å². The van der Waals surface area contributed by atoms with Gasteiger partial charge < -0.3 is 13.1 Å². The standard InChI is InChI=1S/C14H26O4.K.Na.2H/c1-4-5-6-7-8-9-10-14(11(2)3,12(15)16)13(17)18;;;;/h11H,4-10H2,1-3H3,(H,15,16)(H,17,18);;;;/q;2*+1;2*-1. The molecule has 0 amide bonds. The fourth-order valence-electron chi connectivity index (χ4n) is 2.27. The Morgan fingerprint density at radius 1 is 1.00 bits per heavy atom. The minimum atomic E-state index is -1.62. The fourth-order valence-corrected chi connectivity index (χ4v) is 2.27. The van der Waals surface area contributed by atoms with E-state index in [-0.39, 0.29) is 90.2 Å². The molecule has 0 bridgehead atoms. The molecule has 0 aromatic rings. The fraction of sp³-hybridized carbons (Fsp3) is 0.857. The summed E-state index contributed by atoms with van der Waals surface area (Å²) in [5.41, 5.74) is -1.62. The van der Waals surface area contributed by atoms with Crippen molar-refractivity contribution >= 4 is 11.9 Å². The summed E-state index contributed by atoms with van der Waals surface area (Å²) in [4.78, 5) is 22.6. The van der Waals surface area contributed by atoms with E-state index >= 15 is 0 Å². The first-order chi connectivity index (χ1) is 8.39. The van der Waals surface area contributed by atoms with Gasteiger partial charge in [-0.15, -0.1) is 0 Å². The molecule has 0 atom stereocenters. The van der Waals surface area contributed by atoms with Gasteiger partial charge in [-0.1, -0.05) is 59.3 Å². The minimum Gasteiger partial charge on any atom is -1.00 e. The van der Waals surface area contributed by atoms with Gasteiger partial charge in [0.2, 0.25) is 0 Å². The van der Waals surface area contributed by atoms with Crippen LogP contribution in [0.15, 0.2) is 0 Å². The molecule has 0 fully saturated rings. The van der Waals surface area contributed by atoms with Crippen LogP contribution in [0.2, 0.25) is 0 Å². The summed E-state index contributed by atoms with van der Waals surface area (Å²) in [6, 6.07) is 0. The Balaban J connectivity index is -0.000000241. The summed E-state index contributed by atoms with van der Waals surface area (Å²) in [7, 11) is 0. The van der Waals surface area contributed by atoms with E-state index in [0.29, 0.717) is 6.42 Å². The van der Waals surface area contributed by atoms with E-state index in [0.717, 1.165) is 19.3 Å². The summed E-state index contributed by atoms with van der Waals surface area (Å²) < 4.78 is 0. The van der Waals surface area contributed by atoms with E-state index in [4.69, 9.17) is 0 Å². The van der Waals surface area contributed by atoms with Crippen molar-refractivity contribution in [3.05, 3.63) is 0 Å². The largest absolute Gasteiger partial charge is 1.00 e. The Hall–Kier alpha value is 1.58. The first kappa shape index (κ1) is 26.5. The van der Waals surface area contributed by atoms with Crippen LogP contribution in [-0.2, 0) is 9.59 Å². The maximum atomic E-state index is 11.3. The second kappa shape index (κ2) is 14.2. The van der Waals surface area contributed by atoms with E-state index in [9.17, 15) is 19.8 Å². The van der Waals surface area contributed by atoms with Crippen molar-refractivity contribution in [2.75, 3.05) is 0 Å². The second-order valence-corrected chi connectivity index (χ2v) is 5.25. The molecule has 0 aromatic heterocycles. The van der Waals surface area contributed by atoms with Gasteiger partial charge in [0.25, 0.3) is 0 Å². The molecule has 20 heavy (non-hydrogen) atoms. The van der Waals surface area contributed by atoms with Crippen molar-refractivity contribution in [2.24, 2.45) is 11.3 Å². The zero-order chi connectivity index (χ0) is 14.2. The van der Waals surface area contributed by atoms with Gasteiger partial charge >= 0.3 is 92.9 Å². The molecule has 0 radical (unpaired) electrons. The van der Waals surface area contributed by atoms with Crippen LogP contribution >= 0.6 is 0 Å². The predicted octanol–water partition coefficient (Wildman–Crippen LogP) is -2.22. The van der Waals surface area contributed by atoms with Crippen LogP contribution in [0, 0.1) is 11.3 Å². The Labute approximate surface area is 190 Å². The van der Waals surface area contributed by atoms with Crippen molar-refractivity contribution in [3.8, 4) is 0 Å². The Morgan fingerprint density at radius 2 is 1.40 bits per heavy atom. The number of hydrogen-bond donors (Lipinski definition) is 2. The molecule has 0 saturated carbocycles. The molecule has 0 aliphatic carbocycles. The Morgan fingerprint density at radius 3 is 1.75 bits per heavy atom. The summed E-state index contributed by atoms with van der Waals surface area (Å²) in [6.07, 6.45) is 6.36. The zero-order valence-electron chi connectivity index (χ0n) is 15.7. The first-order valence-electron chi connectivity index (χ1n) is 6.86. The molecule has 0 aliphatic heterocycles. The van der Waals surface area contributed by atoms with Crippen molar-refractivity contribution < 1.29 is 104 Å². The van der Waals surface area contributed by atoms with Gasteiger partial charge in [0.15, 0.2) is 5.41 Å². The van der Waals surface area contributed by atoms with Crippen LogP contribution < -0.4 is 80.9 Å². The molecule has 0 spiro atoms. The first-order valence-corrected chi connectivity index (χ1v) is 6.86. The maximum absolute atomic E-state index is 11.3. The van der Waals surface area contributed by atoms with Gasteiger partial charge in [-0.2, -0.15) is 0 Å². The molecule has 0 aromatic carbocycles. The molecule has 0 saturated heterocycles. The third kappa shape index (κ3) is 8.27. The molecule has 0 aliphatic rings. The van der Waals surface area contributed by atoms with E-state index in [2.05, 4.69) is 6.92 Å². The molecular weight excluding hydrogens is 294 g/mol. The number of carboxylic acid groups (broad SMARTS) is 2. The topological polar surface area (TPSA) is 74.6 Å². The zero-order valence-corrected chi connectivity index (χ0v) is 18.9. The van der Waals surface area contributed by atoms with Gasteiger partial charge in [-0.05, 0) is 12.3 Å². The van der Waals surface area contributed by atoms with E-state index < -0.39 is 23.3 Å². The molecule has 2 N–H and O–H groups in total. The summed E-state index contributed by atoms with van der Waals surface area (Å²) in [5.74, 6) is -2.82. The predicted molar refractivity (Wildman–Crippen MR) is 72.8 cm³/mol. The summed E-state index contributed by atoms with van der Waals surface area (Å²) in [5, 5.41) is 18.4. The number of carbonyl (C=O) groups is 2. The van der Waals surface area contributed by atoms with Gasteiger partial charge in [0.1, 0.15) is 0 Å². The summed E-state index contributed by atoms with van der Waals surface area (Å²) >= 11 is 0. The molecular formula is C14H28KNaO4. The van der Waals surface area contributed by atoms with Crippen molar-refractivity contribution in [3.63, 3.8) is 0 Å². The Bertz CT molecular complexity index is 278. The van der Waals surface area contributed by atoms with Crippen molar-refractivity contribution in [1.29, 1.82) is 0 Å². The SMILES string of the molecule is CCCCCCCCC(C(=O)O)(C(=O)O)C(C)C.[H-].[H-].[K+].[Na+]. The number of rotatable bonds is 10. The average molecular weight is 322 g/mol. The minimum absolute atomic E-state index is 0. The van der Waals surface area contributed by atoms with Crippen molar-refractivity contribution in [1.82, 2.24) is 0 Å². The smallest absolute Gasteiger partial charge is 1.00 e. The number of carboxylic acids is 2. The van der Waals surface area contributed by atoms with Crippen LogP contribution in [0.3, 0.4) is 0 Å². The average Bonchev–Trinajstić information content (AvgIpc) is 2.26.